The quantitative estimate of drug-likeness (QED) is 0.454. The average molecular weight is 346 g/mol. The summed E-state index contributed by atoms with van der Waals surface area (Å²) >= 11 is 0. The number of alkyl halides is 6. The standard InChI is InChI=1S/C9H13F6O5P/c1-3-20-6(16)7(2,21(17,18)19)5(9(13,14)15)4-8(10,11)12/h5H,3-4H2,1-2H3,(H2,17,18,19). The highest BCUT2D eigenvalue weighted by molar-refractivity contribution is 7.54. The fraction of sp³-hybridized carbons (Fsp3) is 0.889. The molecular weight excluding hydrogens is 333 g/mol. The fourth-order valence-corrected chi connectivity index (χ4v) is 2.55. The lowest BCUT2D eigenvalue weighted by Gasteiger charge is -2.36. The number of ether oxygens (including phenoxy) is 1. The Morgan fingerprint density at radius 2 is 1.62 bits per heavy atom. The lowest BCUT2D eigenvalue weighted by atomic mass is 9.89. The minimum Gasteiger partial charge on any atom is -0.465 e. The Kier molecular flexibility index (Phi) is 5.90. The van der Waals surface area contributed by atoms with Gasteiger partial charge in [-0.1, -0.05) is 0 Å². The van der Waals surface area contributed by atoms with Crippen molar-refractivity contribution in [2.24, 2.45) is 5.92 Å². The van der Waals surface area contributed by atoms with Gasteiger partial charge < -0.3 is 14.5 Å². The minimum absolute atomic E-state index is 0.121. The number of rotatable bonds is 5. The van der Waals surface area contributed by atoms with Crippen molar-refractivity contribution in [2.75, 3.05) is 6.61 Å². The zero-order valence-corrected chi connectivity index (χ0v) is 11.7. The van der Waals surface area contributed by atoms with Crippen molar-refractivity contribution < 1.29 is 50.2 Å². The highest BCUT2D eigenvalue weighted by atomic mass is 31.2. The van der Waals surface area contributed by atoms with Crippen molar-refractivity contribution in [1.82, 2.24) is 0 Å². The van der Waals surface area contributed by atoms with Crippen LogP contribution in [-0.4, -0.2) is 39.9 Å². The molecule has 0 radical (unpaired) electrons. The molecule has 126 valence electrons. The van der Waals surface area contributed by atoms with Gasteiger partial charge in [-0.2, -0.15) is 26.3 Å². The maximum absolute atomic E-state index is 12.8. The predicted octanol–water partition coefficient (Wildman–Crippen LogP) is 2.62. The SMILES string of the molecule is CCOC(=O)C(C)(C(CC(F)(F)F)C(F)(F)F)P(=O)(O)O. The summed E-state index contributed by atoms with van der Waals surface area (Å²) in [4.78, 5) is 29.5. The van der Waals surface area contributed by atoms with Crippen LogP contribution in [0, 0.1) is 5.92 Å². The molecule has 2 atom stereocenters. The molecule has 2 unspecified atom stereocenters. The molecular formula is C9H13F6O5P. The first kappa shape index (κ1) is 20.2. The van der Waals surface area contributed by atoms with E-state index in [0.29, 0.717) is 0 Å². The Morgan fingerprint density at radius 3 is 1.86 bits per heavy atom. The molecule has 12 heteroatoms. The Balaban J connectivity index is 6.06. The second kappa shape index (κ2) is 6.13. The van der Waals surface area contributed by atoms with Crippen molar-refractivity contribution in [3.63, 3.8) is 0 Å². The molecule has 0 fully saturated rings. The van der Waals surface area contributed by atoms with Gasteiger partial charge in [0.05, 0.1) is 18.9 Å². The van der Waals surface area contributed by atoms with Crippen molar-refractivity contribution in [2.45, 2.75) is 37.8 Å². The molecule has 0 aromatic heterocycles. The summed E-state index contributed by atoms with van der Waals surface area (Å²) in [6.45, 7) is 0.699. The summed E-state index contributed by atoms with van der Waals surface area (Å²) in [6, 6.07) is 0. The third-order valence-corrected chi connectivity index (χ3v) is 4.51. The summed E-state index contributed by atoms with van der Waals surface area (Å²) in [6.07, 6.45) is -13.7. The van der Waals surface area contributed by atoms with Gasteiger partial charge in [-0.25, -0.2) is 0 Å². The molecule has 0 saturated carbocycles. The number of carbonyl (C=O) groups is 1. The van der Waals surface area contributed by atoms with Crippen molar-refractivity contribution in [3.8, 4) is 0 Å². The second-order valence-electron chi connectivity index (χ2n) is 4.33. The first-order valence-electron chi connectivity index (χ1n) is 5.43. The van der Waals surface area contributed by atoms with Crippen LogP contribution in [0.2, 0.25) is 0 Å². The first-order valence-corrected chi connectivity index (χ1v) is 7.05. The van der Waals surface area contributed by atoms with E-state index in [0.717, 1.165) is 6.92 Å². The van der Waals surface area contributed by atoms with Gasteiger partial charge in [0.25, 0.3) is 0 Å². The average Bonchev–Trinajstić information content (AvgIpc) is 2.20. The monoisotopic (exact) mass is 346 g/mol. The van der Waals surface area contributed by atoms with Crippen molar-refractivity contribution in [1.29, 1.82) is 0 Å². The van der Waals surface area contributed by atoms with Gasteiger partial charge in [-0.3, -0.25) is 9.36 Å². The van der Waals surface area contributed by atoms with Crippen LogP contribution in [0.3, 0.4) is 0 Å². The maximum atomic E-state index is 12.8. The van der Waals surface area contributed by atoms with E-state index in [-0.39, 0.29) is 6.92 Å². The number of hydrogen-bond donors (Lipinski definition) is 2. The van der Waals surface area contributed by atoms with Gasteiger partial charge in [-0.15, -0.1) is 0 Å². The Hall–Kier alpha value is -0.800. The van der Waals surface area contributed by atoms with E-state index in [9.17, 15) is 35.7 Å². The molecule has 2 N–H and O–H groups in total. The van der Waals surface area contributed by atoms with E-state index in [1.807, 2.05) is 0 Å². The molecule has 0 amide bonds. The number of halogens is 6. The molecule has 0 aromatic rings. The molecule has 0 aliphatic carbocycles. The van der Waals surface area contributed by atoms with Crippen LogP contribution in [0.25, 0.3) is 0 Å². The Labute approximate surface area is 115 Å². The molecule has 0 bridgehead atoms. The van der Waals surface area contributed by atoms with Crippen molar-refractivity contribution >= 4 is 13.6 Å². The Bertz CT molecular complexity index is 427. The van der Waals surface area contributed by atoms with Gasteiger partial charge in [0.1, 0.15) is 0 Å². The highest BCUT2D eigenvalue weighted by Gasteiger charge is 2.66. The van der Waals surface area contributed by atoms with Crippen LogP contribution in [0.1, 0.15) is 20.3 Å². The van der Waals surface area contributed by atoms with Gasteiger partial charge in [0.2, 0.25) is 0 Å². The maximum Gasteiger partial charge on any atom is 0.393 e. The summed E-state index contributed by atoms with van der Waals surface area (Å²) in [5.41, 5.74) is 0. The Morgan fingerprint density at radius 1 is 1.19 bits per heavy atom. The van der Waals surface area contributed by atoms with Crippen LogP contribution >= 0.6 is 7.60 Å². The molecule has 21 heavy (non-hydrogen) atoms. The van der Waals surface area contributed by atoms with Crippen LogP contribution in [0.4, 0.5) is 26.3 Å². The first-order chi connectivity index (χ1) is 9.07. The van der Waals surface area contributed by atoms with E-state index in [1.165, 1.54) is 0 Å². The summed E-state index contributed by atoms with van der Waals surface area (Å²) < 4.78 is 90.8. The largest absolute Gasteiger partial charge is 0.465 e. The van der Waals surface area contributed by atoms with Crippen LogP contribution in [-0.2, 0) is 14.1 Å². The minimum atomic E-state index is -5.91. The predicted molar refractivity (Wildman–Crippen MR) is 57.3 cm³/mol. The molecule has 0 aliphatic heterocycles. The summed E-state index contributed by atoms with van der Waals surface area (Å²) in [7, 11) is -5.91. The van der Waals surface area contributed by atoms with E-state index in [4.69, 9.17) is 9.79 Å². The molecule has 0 saturated heterocycles. The van der Waals surface area contributed by atoms with Gasteiger partial charge >= 0.3 is 25.9 Å². The van der Waals surface area contributed by atoms with E-state index in [2.05, 4.69) is 4.74 Å². The number of carbonyl (C=O) groups excluding carboxylic acids is 1. The van der Waals surface area contributed by atoms with E-state index in [1.54, 1.807) is 0 Å². The highest BCUT2D eigenvalue weighted by Crippen LogP contribution is 2.60. The smallest absolute Gasteiger partial charge is 0.393 e. The normalized spacial score (nSPS) is 18.0. The summed E-state index contributed by atoms with van der Waals surface area (Å²) in [5, 5.41) is -3.68. The topological polar surface area (TPSA) is 83.8 Å². The zero-order valence-electron chi connectivity index (χ0n) is 10.8. The molecule has 0 rings (SSSR count). The van der Waals surface area contributed by atoms with Gasteiger partial charge in [-0.05, 0) is 13.8 Å². The lowest BCUT2D eigenvalue weighted by Crippen LogP contribution is -2.51. The zero-order chi connectivity index (χ0) is 17.3. The molecule has 0 aromatic carbocycles. The second-order valence-corrected chi connectivity index (χ2v) is 6.34. The molecule has 0 spiro atoms. The van der Waals surface area contributed by atoms with E-state index >= 15 is 0 Å². The van der Waals surface area contributed by atoms with Crippen LogP contribution in [0.5, 0.6) is 0 Å². The molecule has 0 heterocycles. The van der Waals surface area contributed by atoms with Gasteiger partial charge in [0, 0.05) is 0 Å². The van der Waals surface area contributed by atoms with Crippen LogP contribution in [0.15, 0.2) is 0 Å². The molecule has 0 aliphatic rings. The fourth-order valence-electron chi connectivity index (χ4n) is 1.61. The molecule has 5 nitrogen and oxygen atoms in total. The van der Waals surface area contributed by atoms with Crippen molar-refractivity contribution in [3.05, 3.63) is 0 Å². The third-order valence-electron chi connectivity index (χ3n) is 2.80. The number of esters is 1. The third kappa shape index (κ3) is 4.86. The van der Waals surface area contributed by atoms with E-state index < -0.39 is 50.0 Å². The number of hydrogen-bond acceptors (Lipinski definition) is 3. The lowest BCUT2D eigenvalue weighted by molar-refractivity contribution is -0.229. The van der Waals surface area contributed by atoms with Gasteiger partial charge in [0.15, 0.2) is 5.16 Å². The summed E-state index contributed by atoms with van der Waals surface area (Å²) in [5.74, 6) is -5.67. The van der Waals surface area contributed by atoms with Crippen LogP contribution < -0.4 is 0 Å².